The van der Waals surface area contributed by atoms with Crippen molar-refractivity contribution in [2.24, 2.45) is 0 Å². The monoisotopic (exact) mass is 388 g/mol. The molecule has 1 aromatic carbocycles. The van der Waals surface area contributed by atoms with Gasteiger partial charge in [-0.15, -0.1) is 0 Å². The zero-order valence-corrected chi connectivity index (χ0v) is 15.6. The number of thiocarbonyl (C=S) groups is 1. The number of hydrogen-bond donors (Lipinski definition) is 3. The van der Waals surface area contributed by atoms with Crippen LogP contribution in [0.2, 0.25) is 0 Å². The first-order chi connectivity index (χ1) is 12.9. The quantitative estimate of drug-likeness (QED) is 0.497. The largest absolute Gasteiger partial charge is 0.363 e. The van der Waals surface area contributed by atoms with Gasteiger partial charge < -0.3 is 10.6 Å². The maximum atomic E-state index is 12.9. The molecule has 0 saturated carbocycles. The van der Waals surface area contributed by atoms with Crippen LogP contribution in [0.4, 0.5) is 0 Å². The van der Waals surface area contributed by atoms with E-state index < -0.39 is 29.7 Å². The number of carbonyl (C=O) groups excluding carboxylic acids is 4. The molecule has 0 radical (unpaired) electrons. The minimum Gasteiger partial charge on any atom is -0.363 e. The maximum Gasteiger partial charge on any atom is 0.262 e. The van der Waals surface area contributed by atoms with Crippen LogP contribution < -0.4 is 16.0 Å². The van der Waals surface area contributed by atoms with E-state index >= 15 is 0 Å². The maximum absolute atomic E-state index is 12.9. The summed E-state index contributed by atoms with van der Waals surface area (Å²) in [7, 11) is 0. The summed E-state index contributed by atoms with van der Waals surface area (Å²) < 4.78 is 0. The number of rotatable bonds is 5. The van der Waals surface area contributed by atoms with Crippen LogP contribution in [-0.4, -0.2) is 46.2 Å². The van der Waals surface area contributed by atoms with Crippen molar-refractivity contribution in [3.05, 3.63) is 34.9 Å². The Kier molecular flexibility index (Phi) is 5.50. The van der Waals surface area contributed by atoms with Crippen LogP contribution in [0, 0.1) is 0 Å². The number of nitrogens with zero attached hydrogens (tertiary/aromatic N) is 1. The molecule has 4 amide bonds. The summed E-state index contributed by atoms with van der Waals surface area (Å²) in [6.07, 6.45) is 1.15. The Labute approximate surface area is 161 Å². The van der Waals surface area contributed by atoms with Crippen LogP contribution in [0.15, 0.2) is 18.2 Å². The van der Waals surface area contributed by atoms with Crippen molar-refractivity contribution in [1.29, 1.82) is 0 Å². The molecule has 0 bridgehead atoms. The van der Waals surface area contributed by atoms with Crippen molar-refractivity contribution in [3.63, 3.8) is 0 Å². The molecule has 27 heavy (non-hydrogen) atoms. The van der Waals surface area contributed by atoms with Crippen LogP contribution in [-0.2, 0) is 16.1 Å². The molecule has 0 spiro atoms. The van der Waals surface area contributed by atoms with Crippen LogP contribution >= 0.6 is 12.2 Å². The van der Waals surface area contributed by atoms with Crippen molar-refractivity contribution < 1.29 is 19.2 Å². The van der Waals surface area contributed by atoms with E-state index in [0.717, 1.165) is 17.9 Å². The van der Waals surface area contributed by atoms with E-state index in [2.05, 4.69) is 16.0 Å². The fourth-order valence-electron chi connectivity index (χ4n) is 3.21. The zero-order chi connectivity index (χ0) is 19.6. The van der Waals surface area contributed by atoms with Gasteiger partial charge in [-0.05, 0) is 36.7 Å². The van der Waals surface area contributed by atoms with E-state index in [0.29, 0.717) is 10.7 Å². The van der Waals surface area contributed by atoms with Gasteiger partial charge in [0, 0.05) is 19.5 Å². The van der Waals surface area contributed by atoms with Gasteiger partial charge in [0.2, 0.25) is 11.8 Å². The average Bonchev–Trinajstić information content (AvgIpc) is 2.90. The van der Waals surface area contributed by atoms with Crippen LogP contribution in [0.5, 0.6) is 0 Å². The molecular formula is C18H20N4O4S. The smallest absolute Gasteiger partial charge is 0.262 e. The van der Waals surface area contributed by atoms with Gasteiger partial charge in [-0.1, -0.05) is 19.1 Å². The van der Waals surface area contributed by atoms with Crippen LogP contribution in [0.25, 0.3) is 0 Å². The molecule has 1 saturated heterocycles. The second kappa shape index (κ2) is 7.83. The van der Waals surface area contributed by atoms with E-state index in [1.165, 1.54) is 0 Å². The molecule has 142 valence electrons. The van der Waals surface area contributed by atoms with Gasteiger partial charge in [0.05, 0.1) is 11.1 Å². The van der Waals surface area contributed by atoms with Crippen molar-refractivity contribution in [1.82, 2.24) is 20.9 Å². The first-order valence-electron chi connectivity index (χ1n) is 8.79. The highest BCUT2D eigenvalue weighted by Gasteiger charge is 2.45. The van der Waals surface area contributed by atoms with E-state index in [1.54, 1.807) is 18.2 Å². The second-order valence-corrected chi connectivity index (χ2v) is 6.80. The van der Waals surface area contributed by atoms with Crippen molar-refractivity contribution in [3.8, 4) is 0 Å². The fraction of sp³-hybridized carbons (Fsp3) is 0.389. The number of benzene rings is 1. The summed E-state index contributed by atoms with van der Waals surface area (Å²) in [5, 5.41) is 8.71. The lowest BCUT2D eigenvalue weighted by Gasteiger charge is -2.27. The Morgan fingerprint density at radius 1 is 1.22 bits per heavy atom. The molecule has 2 heterocycles. The molecule has 1 fully saturated rings. The summed E-state index contributed by atoms with van der Waals surface area (Å²) in [6.45, 7) is 3.04. The number of carbonyl (C=O) groups is 4. The first kappa shape index (κ1) is 19.0. The molecule has 2 aliphatic rings. The third kappa shape index (κ3) is 3.68. The van der Waals surface area contributed by atoms with E-state index in [4.69, 9.17) is 12.2 Å². The first-order valence-corrected chi connectivity index (χ1v) is 9.20. The lowest BCUT2D eigenvalue weighted by Crippen LogP contribution is -2.54. The SMILES string of the molecule is CCCNC(=S)NCc1cccc2c1C(=O)N(C1CCC(=O)NC1=O)C2=O. The predicted molar refractivity (Wildman–Crippen MR) is 101 cm³/mol. The Bertz CT molecular complexity index is 839. The lowest BCUT2D eigenvalue weighted by atomic mass is 10.0. The molecule has 0 aliphatic carbocycles. The fourth-order valence-corrected chi connectivity index (χ4v) is 3.38. The number of amides is 4. The van der Waals surface area contributed by atoms with Gasteiger partial charge in [-0.3, -0.25) is 29.4 Å². The average molecular weight is 388 g/mol. The number of hydrogen-bond acceptors (Lipinski definition) is 5. The Morgan fingerprint density at radius 3 is 2.70 bits per heavy atom. The molecule has 9 heteroatoms. The number of nitrogens with one attached hydrogen (secondary N) is 3. The lowest BCUT2D eigenvalue weighted by molar-refractivity contribution is -0.136. The molecule has 1 unspecified atom stereocenters. The number of fused-ring (bicyclic) bond motifs is 1. The highest BCUT2D eigenvalue weighted by Crippen LogP contribution is 2.29. The second-order valence-electron chi connectivity index (χ2n) is 6.40. The molecular weight excluding hydrogens is 368 g/mol. The topological polar surface area (TPSA) is 108 Å². The van der Waals surface area contributed by atoms with Gasteiger partial charge in [-0.25, -0.2) is 0 Å². The normalized spacial score (nSPS) is 19.0. The van der Waals surface area contributed by atoms with E-state index in [1.807, 2.05) is 6.92 Å². The van der Waals surface area contributed by atoms with Gasteiger partial charge in [0.1, 0.15) is 6.04 Å². The molecule has 3 N–H and O–H groups in total. The van der Waals surface area contributed by atoms with Crippen molar-refractivity contribution in [2.45, 2.75) is 38.8 Å². The van der Waals surface area contributed by atoms with Gasteiger partial charge in [0.25, 0.3) is 11.8 Å². The van der Waals surface area contributed by atoms with Crippen LogP contribution in [0.1, 0.15) is 52.5 Å². The highest BCUT2D eigenvalue weighted by atomic mass is 32.1. The molecule has 2 aliphatic heterocycles. The Hall–Kier alpha value is -2.81. The van der Waals surface area contributed by atoms with Crippen molar-refractivity contribution >= 4 is 41.0 Å². The Balaban J connectivity index is 1.81. The molecule has 8 nitrogen and oxygen atoms in total. The summed E-state index contributed by atoms with van der Waals surface area (Å²) in [5.41, 5.74) is 1.16. The Morgan fingerprint density at radius 2 is 2.00 bits per heavy atom. The number of piperidine rings is 1. The highest BCUT2D eigenvalue weighted by molar-refractivity contribution is 7.80. The summed E-state index contributed by atoms with van der Waals surface area (Å²) in [5.74, 6) is -2.05. The summed E-state index contributed by atoms with van der Waals surface area (Å²) in [6, 6.07) is 4.03. The molecule has 3 rings (SSSR count). The summed E-state index contributed by atoms with van der Waals surface area (Å²) in [4.78, 5) is 50.1. The molecule has 1 aromatic rings. The third-order valence-electron chi connectivity index (χ3n) is 4.53. The number of imide groups is 2. The standard InChI is InChI=1S/C18H20N4O4S/c1-2-8-19-18(27)20-9-10-4-3-5-11-14(10)17(26)22(16(11)25)12-6-7-13(23)21-15(12)24/h3-5,12H,2,6-9H2,1H3,(H2,19,20,27)(H,21,23,24). The molecule has 1 atom stereocenters. The molecule has 0 aromatic heterocycles. The van der Waals surface area contributed by atoms with Crippen LogP contribution in [0.3, 0.4) is 0 Å². The van der Waals surface area contributed by atoms with Gasteiger partial charge in [-0.2, -0.15) is 0 Å². The minimum atomic E-state index is -0.969. The van der Waals surface area contributed by atoms with E-state index in [9.17, 15) is 19.2 Å². The van der Waals surface area contributed by atoms with Crippen molar-refractivity contribution in [2.75, 3.05) is 6.54 Å². The third-order valence-corrected chi connectivity index (χ3v) is 4.82. The van der Waals surface area contributed by atoms with E-state index in [-0.39, 0.29) is 30.5 Å². The van der Waals surface area contributed by atoms with Gasteiger partial charge >= 0.3 is 0 Å². The minimum absolute atomic E-state index is 0.0929. The predicted octanol–water partition coefficient (Wildman–Crippen LogP) is 0.462. The van der Waals surface area contributed by atoms with Gasteiger partial charge in [0.15, 0.2) is 5.11 Å². The zero-order valence-electron chi connectivity index (χ0n) is 14.8. The summed E-state index contributed by atoms with van der Waals surface area (Å²) >= 11 is 5.18.